The number of hydrogen-bond acceptors (Lipinski definition) is 7. The van der Waals surface area contributed by atoms with E-state index in [0.29, 0.717) is 17.8 Å². The summed E-state index contributed by atoms with van der Waals surface area (Å²) in [4.78, 5) is 19.4. The number of nitrogens with zero attached hydrogens (tertiary/aromatic N) is 5. The van der Waals surface area contributed by atoms with Crippen molar-refractivity contribution in [2.24, 2.45) is 11.8 Å². The average molecular weight is 466 g/mol. The number of fused-ring (bicyclic) bond motifs is 4. The van der Waals surface area contributed by atoms with Crippen molar-refractivity contribution in [2.45, 2.75) is 38.5 Å². The number of allylic oxidation sites excluding steroid dienone is 2. The normalized spacial score (nSPS) is 23.9. The van der Waals surface area contributed by atoms with Crippen LogP contribution in [-0.2, 0) is 11.8 Å². The van der Waals surface area contributed by atoms with Gasteiger partial charge in [-0.25, -0.2) is 15.0 Å². The van der Waals surface area contributed by atoms with Crippen LogP contribution in [0.1, 0.15) is 37.9 Å². The summed E-state index contributed by atoms with van der Waals surface area (Å²) in [7, 11) is 0. The van der Waals surface area contributed by atoms with Gasteiger partial charge in [-0.05, 0) is 37.3 Å². The molecule has 168 valence electrons. The van der Waals surface area contributed by atoms with E-state index in [2.05, 4.69) is 23.0 Å². The van der Waals surface area contributed by atoms with Crippen molar-refractivity contribution in [2.75, 3.05) is 0 Å². The second-order valence-corrected chi connectivity index (χ2v) is 10.3. The van der Waals surface area contributed by atoms with Crippen LogP contribution in [0.4, 0.5) is 0 Å². The van der Waals surface area contributed by atoms with Gasteiger partial charge in [0.05, 0.1) is 22.9 Å². The molecule has 0 saturated carbocycles. The first-order valence-electron chi connectivity index (χ1n) is 11.5. The number of thiazole rings is 1. The van der Waals surface area contributed by atoms with Crippen molar-refractivity contribution in [3.05, 3.63) is 70.7 Å². The predicted molar refractivity (Wildman–Crippen MR) is 132 cm³/mol. The number of aliphatic hydroxyl groups excluding tert-OH is 1. The maximum atomic E-state index is 10.7. The smallest absolute Gasteiger partial charge is 0.160 e. The quantitative estimate of drug-likeness (QED) is 0.389. The Bertz CT molecular complexity index is 1500. The Morgan fingerprint density at radius 2 is 2.00 bits per heavy atom. The maximum absolute atomic E-state index is 10.7. The Morgan fingerprint density at radius 1 is 1.15 bits per heavy atom. The lowest BCUT2D eigenvalue weighted by Crippen LogP contribution is -2.45. The highest BCUT2D eigenvalue weighted by atomic mass is 32.1. The third-order valence-corrected chi connectivity index (χ3v) is 8.40. The number of nitriles is 1. The summed E-state index contributed by atoms with van der Waals surface area (Å²) >= 11 is 1.58. The van der Waals surface area contributed by atoms with Gasteiger partial charge in [0.25, 0.3) is 0 Å². The minimum atomic E-state index is -0.378. The third kappa shape index (κ3) is 2.99. The van der Waals surface area contributed by atoms with Crippen LogP contribution in [0.5, 0.6) is 0 Å². The van der Waals surface area contributed by atoms with E-state index in [1.807, 2.05) is 42.6 Å². The lowest BCUT2D eigenvalue weighted by molar-refractivity contribution is 0.136. The van der Waals surface area contributed by atoms with Crippen molar-refractivity contribution in [3.8, 4) is 28.2 Å². The molecule has 3 atom stereocenters. The van der Waals surface area contributed by atoms with E-state index in [1.54, 1.807) is 23.7 Å². The minimum Gasteiger partial charge on any atom is -0.511 e. The topological polar surface area (TPSA) is 95.6 Å². The van der Waals surface area contributed by atoms with Gasteiger partial charge in [0.15, 0.2) is 5.82 Å². The number of pyridine rings is 1. The Kier molecular flexibility index (Phi) is 4.75. The van der Waals surface area contributed by atoms with Gasteiger partial charge in [0, 0.05) is 45.6 Å². The fourth-order valence-corrected chi connectivity index (χ4v) is 6.61. The average Bonchev–Trinajstić information content (AvgIpc) is 3.40. The summed E-state index contributed by atoms with van der Waals surface area (Å²) in [5, 5.41) is 24.3. The molecule has 34 heavy (non-hydrogen) atoms. The van der Waals surface area contributed by atoms with E-state index in [-0.39, 0.29) is 23.0 Å². The van der Waals surface area contributed by atoms with Gasteiger partial charge in [-0.1, -0.05) is 32.0 Å². The van der Waals surface area contributed by atoms with Gasteiger partial charge in [-0.2, -0.15) is 5.26 Å². The number of hydrogen-bond donors (Lipinski definition) is 1. The zero-order valence-electron chi connectivity index (χ0n) is 19.0. The van der Waals surface area contributed by atoms with E-state index < -0.39 is 0 Å². The maximum Gasteiger partial charge on any atom is 0.160 e. The molecule has 0 bridgehead atoms. The summed E-state index contributed by atoms with van der Waals surface area (Å²) in [6, 6.07) is 12.2. The second kappa shape index (κ2) is 7.71. The van der Waals surface area contributed by atoms with Gasteiger partial charge >= 0.3 is 0 Å². The van der Waals surface area contributed by atoms with Gasteiger partial charge in [-0.15, -0.1) is 11.3 Å². The van der Waals surface area contributed by atoms with E-state index >= 15 is 0 Å². The monoisotopic (exact) mass is 465 g/mol. The molecule has 3 heterocycles. The molecule has 1 N–H and O–H groups in total. The largest absolute Gasteiger partial charge is 0.511 e. The molecule has 0 unspecified atom stereocenters. The summed E-state index contributed by atoms with van der Waals surface area (Å²) in [6.07, 6.45) is 5.81. The molecule has 0 amide bonds. The molecular weight excluding hydrogens is 442 g/mol. The first kappa shape index (κ1) is 20.9. The molecule has 0 spiro atoms. The van der Waals surface area contributed by atoms with Crippen LogP contribution in [0.3, 0.4) is 0 Å². The first-order chi connectivity index (χ1) is 16.5. The zero-order valence-corrected chi connectivity index (χ0v) is 19.8. The molecule has 0 radical (unpaired) electrons. The van der Waals surface area contributed by atoms with E-state index in [0.717, 1.165) is 51.3 Å². The first-order valence-corrected chi connectivity index (χ1v) is 12.4. The Hall–Kier alpha value is -3.63. The number of para-hydroxylation sites is 1. The molecule has 0 aliphatic heterocycles. The fourth-order valence-electron chi connectivity index (χ4n) is 5.95. The molecule has 3 aromatic heterocycles. The number of rotatable bonds is 2. The highest BCUT2D eigenvalue weighted by Crippen LogP contribution is 2.54. The lowest BCUT2D eigenvalue weighted by Gasteiger charge is -2.48. The van der Waals surface area contributed by atoms with Gasteiger partial charge in [0.1, 0.15) is 16.5 Å². The van der Waals surface area contributed by atoms with E-state index in [9.17, 15) is 10.4 Å². The molecular formula is C27H23N5OS. The summed E-state index contributed by atoms with van der Waals surface area (Å²) in [5.74, 6) is 0.987. The van der Waals surface area contributed by atoms with Crippen LogP contribution < -0.4 is 0 Å². The summed E-state index contributed by atoms with van der Waals surface area (Å²) in [6.45, 7) is 4.23. The third-order valence-electron chi connectivity index (χ3n) is 7.62. The van der Waals surface area contributed by atoms with Crippen molar-refractivity contribution in [1.82, 2.24) is 19.9 Å². The molecule has 2 aliphatic rings. The zero-order chi connectivity index (χ0) is 23.4. The van der Waals surface area contributed by atoms with Crippen LogP contribution >= 0.6 is 11.3 Å². The van der Waals surface area contributed by atoms with Crippen molar-refractivity contribution >= 4 is 22.2 Å². The standard InChI is InChI=1S/C27H23N5OS/c1-15-20-8-7-19-22(26-30-11-12-34-26)31-25(18-9-10-29-21-6-4-3-5-17(18)21)32-24(19)27(20,2)13-16(14-28)23(15)33/h3-6,9-12,15,20,33H,7-8,13H2,1-2H3/t15-,20-,27-/m1/s1. The molecule has 2 aliphatic carbocycles. The number of aromatic nitrogens is 4. The Morgan fingerprint density at radius 3 is 2.79 bits per heavy atom. The van der Waals surface area contributed by atoms with Crippen LogP contribution in [-0.4, -0.2) is 25.0 Å². The van der Waals surface area contributed by atoms with Crippen LogP contribution in [0.2, 0.25) is 0 Å². The molecule has 7 heteroatoms. The van der Waals surface area contributed by atoms with Crippen molar-refractivity contribution in [3.63, 3.8) is 0 Å². The molecule has 0 fully saturated rings. The summed E-state index contributed by atoms with van der Waals surface area (Å²) < 4.78 is 0. The predicted octanol–water partition coefficient (Wildman–Crippen LogP) is 6.01. The van der Waals surface area contributed by atoms with Crippen LogP contribution in [0.25, 0.3) is 33.0 Å². The second-order valence-electron chi connectivity index (χ2n) is 9.44. The van der Waals surface area contributed by atoms with Crippen molar-refractivity contribution in [1.29, 1.82) is 5.26 Å². The minimum absolute atomic E-state index is 0.0926. The SMILES string of the molecule is C[C@H]1C(O)=C(C#N)C[C@@]2(C)c3nc(-c4ccnc5ccccc45)nc(-c4nccs4)c3CC[C@H]12. The van der Waals surface area contributed by atoms with Gasteiger partial charge < -0.3 is 5.11 Å². The molecule has 6 nitrogen and oxygen atoms in total. The van der Waals surface area contributed by atoms with E-state index in [1.165, 1.54) is 0 Å². The Balaban J connectivity index is 1.64. The van der Waals surface area contributed by atoms with Crippen LogP contribution in [0, 0.1) is 23.2 Å². The molecule has 1 aromatic carbocycles. The molecule has 6 rings (SSSR count). The fraction of sp³-hybridized carbons (Fsp3) is 0.296. The molecule has 0 saturated heterocycles. The molecule has 4 aromatic rings. The van der Waals surface area contributed by atoms with E-state index in [4.69, 9.17) is 9.97 Å². The highest BCUT2D eigenvalue weighted by Gasteiger charge is 2.50. The Labute approximate surface area is 201 Å². The van der Waals surface area contributed by atoms with Gasteiger partial charge in [-0.3, -0.25) is 4.98 Å². The van der Waals surface area contributed by atoms with Crippen LogP contribution in [0.15, 0.2) is 59.4 Å². The number of benzene rings is 1. The van der Waals surface area contributed by atoms with Crippen molar-refractivity contribution < 1.29 is 5.11 Å². The number of aliphatic hydroxyl groups is 1. The summed E-state index contributed by atoms with van der Waals surface area (Å²) in [5.41, 5.74) is 4.88. The highest BCUT2D eigenvalue weighted by molar-refractivity contribution is 7.13. The lowest BCUT2D eigenvalue weighted by atomic mass is 9.56. The van der Waals surface area contributed by atoms with Gasteiger partial charge in [0.2, 0.25) is 0 Å².